The number of halogens is 1. The van der Waals surface area contributed by atoms with E-state index in [1.54, 1.807) is 41.3 Å². The number of para-hydroxylation sites is 1. The summed E-state index contributed by atoms with van der Waals surface area (Å²) in [6.07, 6.45) is 0. The molecule has 6 heteroatoms. The number of fused-ring (bicyclic) bond motifs is 2. The highest BCUT2D eigenvalue weighted by molar-refractivity contribution is 5.99. The molecular formula is C21H19FN2O3. The molecule has 5 nitrogen and oxygen atoms in total. The van der Waals surface area contributed by atoms with Crippen molar-refractivity contribution in [1.29, 1.82) is 0 Å². The molecule has 2 heterocycles. The predicted octanol–water partition coefficient (Wildman–Crippen LogP) is 3.04. The van der Waals surface area contributed by atoms with Crippen LogP contribution < -0.4 is 5.43 Å². The molecule has 0 radical (unpaired) electrons. The van der Waals surface area contributed by atoms with Crippen molar-refractivity contribution in [2.24, 2.45) is 0 Å². The number of benzene rings is 2. The van der Waals surface area contributed by atoms with E-state index in [0.29, 0.717) is 29.6 Å². The van der Waals surface area contributed by atoms with Crippen molar-refractivity contribution in [3.8, 4) is 0 Å². The molecule has 0 aliphatic carbocycles. The van der Waals surface area contributed by atoms with Crippen LogP contribution in [0.15, 0.2) is 57.7 Å². The van der Waals surface area contributed by atoms with Crippen LogP contribution >= 0.6 is 0 Å². The van der Waals surface area contributed by atoms with Crippen LogP contribution in [0.3, 0.4) is 0 Å². The van der Waals surface area contributed by atoms with Gasteiger partial charge < -0.3 is 14.2 Å². The monoisotopic (exact) mass is 366 g/mol. The van der Waals surface area contributed by atoms with Crippen molar-refractivity contribution in [2.45, 2.75) is 6.04 Å². The topological polar surface area (TPSA) is 53.8 Å². The molecule has 27 heavy (non-hydrogen) atoms. The standard InChI is InChI=1S/C21H19FN2O3/c1-23(2)10-11-24-18(13-6-5-7-14(22)12-13)17-19(25)15-8-3-4-9-16(15)27-20(17)21(24)26/h3-9,12,18H,10-11H2,1-2H3/t18-/m1/s1. The van der Waals surface area contributed by atoms with Crippen molar-refractivity contribution in [2.75, 3.05) is 27.2 Å². The average molecular weight is 366 g/mol. The van der Waals surface area contributed by atoms with Crippen LogP contribution in [0.2, 0.25) is 0 Å². The lowest BCUT2D eigenvalue weighted by atomic mass is 9.98. The summed E-state index contributed by atoms with van der Waals surface area (Å²) in [6, 6.07) is 12.2. The molecule has 1 aromatic heterocycles. The molecule has 3 aromatic rings. The van der Waals surface area contributed by atoms with Crippen LogP contribution in [0.25, 0.3) is 11.0 Å². The van der Waals surface area contributed by atoms with Crippen LogP contribution in [0.4, 0.5) is 4.39 Å². The summed E-state index contributed by atoms with van der Waals surface area (Å²) >= 11 is 0. The molecular weight excluding hydrogens is 347 g/mol. The fourth-order valence-electron chi connectivity index (χ4n) is 3.53. The van der Waals surface area contributed by atoms with Gasteiger partial charge in [0.15, 0.2) is 5.43 Å². The van der Waals surface area contributed by atoms with Crippen molar-refractivity contribution in [3.05, 3.63) is 81.5 Å². The van der Waals surface area contributed by atoms with E-state index >= 15 is 0 Å². The normalized spacial score (nSPS) is 16.4. The van der Waals surface area contributed by atoms with Crippen LogP contribution in [0.1, 0.15) is 27.7 Å². The Morgan fingerprint density at radius 1 is 1.11 bits per heavy atom. The van der Waals surface area contributed by atoms with Crippen molar-refractivity contribution in [3.63, 3.8) is 0 Å². The van der Waals surface area contributed by atoms with E-state index in [2.05, 4.69) is 0 Å². The van der Waals surface area contributed by atoms with E-state index in [-0.39, 0.29) is 22.7 Å². The Kier molecular flexibility index (Phi) is 4.28. The first-order valence-corrected chi connectivity index (χ1v) is 8.74. The first-order chi connectivity index (χ1) is 13.0. The first-order valence-electron chi connectivity index (χ1n) is 8.74. The summed E-state index contributed by atoms with van der Waals surface area (Å²) in [7, 11) is 3.81. The average Bonchev–Trinajstić information content (AvgIpc) is 2.93. The molecule has 0 unspecified atom stereocenters. The van der Waals surface area contributed by atoms with Crippen molar-refractivity contribution >= 4 is 16.9 Å². The molecule has 4 rings (SSSR count). The number of carbonyl (C=O) groups is 1. The highest BCUT2D eigenvalue weighted by atomic mass is 19.1. The Bertz CT molecular complexity index is 1090. The molecule has 1 atom stereocenters. The highest BCUT2D eigenvalue weighted by Crippen LogP contribution is 2.38. The van der Waals surface area contributed by atoms with Gasteiger partial charge in [-0.1, -0.05) is 24.3 Å². The molecule has 1 aliphatic heterocycles. The van der Waals surface area contributed by atoms with E-state index in [9.17, 15) is 14.0 Å². The van der Waals surface area contributed by atoms with Gasteiger partial charge in [0.2, 0.25) is 5.76 Å². The lowest BCUT2D eigenvalue weighted by molar-refractivity contribution is 0.0716. The zero-order chi connectivity index (χ0) is 19.1. The van der Waals surface area contributed by atoms with E-state index in [1.165, 1.54) is 12.1 Å². The second-order valence-electron chi connectivity index (χ2n) is 6.93. The first kappa shape index (κ1) is 17.4. The third-order valence-corrected chi connectivity index (χ3v) is 4.83. The molecule has 138 valence electrons. The predicted molar refractivity (Wildman–Crippen MR) is 100 cm³/mol. The second-order valence-corrected chi connectivity index (χ2v) is 6.93. The Balaban J connectivity index is 1.94. The molecule has 1 aliphatic rings. The van der Waals surface area contributed by atoms with Gasteiger partial charge >= 0.3 is 0 Å². The van der Waals surface area contributed by atoms with E-state index in [4.69, 9.17) is 4.42 Å². The van der Waals surface area contributed by atoms with Crippen LogP contribution in [-0.2, 0) is 0 Å². The van der Waals surface area contributed by atoms with Gasteiger partial charge in [0, 0.05) is 13.1 Å². The zero-order valence-corrected chi connectivity index (χ0v) is 15.1. The lowest BCUT2D eigenvalue weighted by Gasteiger charge is -2.26. The summed E-state index contributed by atoms with van der Waals surface area (Å²) in [5, 5.41) is 0.417. The van der Waals surface area contributed by atoms with Gasteiger partial charge in [-0.05, 0) is 43.9 Å². The van der Waals surface area contributed by atoms with Gasteiger partial charge in [-0.3, -0.25) is 9.59 Å². The smallest absolute Gasteiger partial charge is 0.290 e. The van der Waals surface area contributed by atoms with Crippen LogP contribution in [-0.4, -0.2) is 42.9 Å². The Labute approximate surface area is 155 Å². The maximum absolute atomic E-state index is 13.9. The number of nitrogens with zero attached hydrogens (tertiary/aromatic N) is 2. The minimum atomic E-state index is -0.663. The molecule has 1 amide bonds. The minimum Gasteiger partial charge on any atom is -0.450 e. The van der Waals surface area contributed by atoms with Gasteiger partial charge in [0.05, 0.1) is 17.0 Å². The van der Waals surface area contributed by atoms with Crippen molar-refractivity contribution in [1.82, 2.24) is 9.80 Å². The fraction of sp³-hybridized carbons (Fsp3) is 0.238. The van der Waals surface area contributed by atoms with Gasteiger partial charge in [-0.25, -0.2) is 4.39 Å². The molecule has 0 saturated carbocycles. The summed E-state index contributed by atoms with van der Waals surface area (Å²) < 4.78 is 19.7. The van der Waals surface area contributed by atoms with Crippen LogP contribution in [0.5, 0.6) is 0 Å². The van der Waals surface area contributed by atoms with Gasteiger partial charge in [0.1, 0.15) is 11.4 Å². The zero-order valence-electron chi connectivity index (χ0n) is 15.1. The number of rotatable bonds is 4. The highest BCUT2D eigenvalue weighted by Gasteiger charge is 2.42. The molecule has 0 N–H and O–H groups in total. The molecule has 0 fully saturated rings. The Morgan fingerprint density at radius 3 is 2.63 bits per heavy atom. The largest absolute Gasteiger partial charge is 0.450 e. The van der Waals surface area contributed by atoms with E-state index in [1.807, 2.05) is 19.0 Å². The van der Waals surface area contributed by atoms with Gasteiger partial charge in [0.25, 0.3) is 5.91 Å². The van der Waals surface area contributed by atoms with E-state index in [0.717, 1.165) is 0 Å². The second kappa shape index (κ2) is 6.63. The number of carbonyl (C=O) groups excluding carboxylic acids is 1. The maximum atomic E-state index is 13.9. The lowest BCUT2D eigenvalue weighted by Crippen LogP contribution is -2.35. The van der Waals surface area contributed by atoms with E-state index < -0.39 is 11.9 Å². The minimum absolute atomic E-state index is 0.0479. The summed E-state index contributed by atoms with van der Waals surface area (Å²) in [6.45, 7) is 1.01. The number of hydrogen-bond donors (Lipinski definition) is 0. The third kappa shape index (κ3) is 2.92. The molecule has 0 bridgehead atoms. The molecule has 0 saturated heterocycles. The third-order valence-electron chi connectivity index (χ3n) is 4.83. The molecule has 0 spiro atoms. The summed E-state index contributed by atoms with van der Waals surface area (Å²) in [5.74, 6) is -0.707. The van der Waals surface area contributed by atoms with Gasteiger partial charge in [-0.15, -0.1) is 0 Å². The SMILES string of the molecule is CN(C)CCN1C(=O)c2oc3ccccc3c(=O)c2[C@H]1c1cccc(F)c1. The fourth-order valence-corrected chi connectivity index (χ4v) is 3.53. The Morgan fingerprint density at radius 2 is 1.89 bits per heavy atom. The Hall–Kier alpha value is -2.99. The van der Waals surface area contributed by atoms with Crippen LogP contribution in [0, 0.1) is 5.82 Å². The summed E-state index contributed by atoms with van der Waals surface area (Å²) in [4.78, 5) is 29.8. The number of likely N-dealkylation sites (N-methyl/N-ethyl adjacent to an activating group) is 1. The molecule has 2 aromatic carbocycles. The number of hydrogen-bond acceptors (Lipinski definition) is 4. The maximum Gasteiger partial charge on any atom is 0.290 e. The van der Waals surface area contributed by atoms with Gasteiger partial charge in [-0.2, -0.15) is 0 Å². The number of amides is 1. The van der Waals surface area contributed by atoms with Crippen molar-refractivity contribution < 1.29 is 13.6 Å². The summed E-state index contributed by atoms with van der Waals surface area (Å²) in [5.41, 5.74) is 0.968. The quantitative estimate of drug-likeness (QED) is 0.712.